The number of hydrogen-bond acceptors (Lipinski definition) is 5. The van der Waals surface area contributed by atoms with E-state index in [-0.39, 0.29) is 30.5 Å². The maximum absolute atomic E-state index is 10.7. The Labute approximate surface area is 205 Å². The highest BCUT2D eigenvalue weighted by molar-refractivity contribution is 14.0. The fraction of sp³-hybridized carbons (Fsp3) is 0.391. The summed E-state index contributed by atoms with van der Waals surface area (Å²) in [5, 5.41) is 20.3. The standard InChI is InChI=1S/C23H30N4O2S.HI/c1-4-24-22(26-16-23(3,28)20-12-10-17(2)29-20)25-14-19-15-30-21(27-19)13-11-18-8-6-5-7-9-18;/h5-10,12,15,28H,4,11,13-14,16H2,1-3H3,(H2,24,25,26);1H. The first-order chi connectivity index (χ1) is 14.5. The van der Waals surface area contributed by atoms with Crippen molar-refractivity contribution < 1.29 is 9.52 Å². The van der Waals surface area contributed by atoms with Crippen LogP contribution in [-0.4, -0.2) is 29.1 Å². The molecule has 0 spiro atoms. The summed E-state index contributed by atoms with van der Waals surface area (Å²) in [6.07, 6.45) is 1.92. The molecule has 2 heterocycles. The lowest BCUT2D eigenvalue weighted by molar-refractivity contribution is 0.0378. The van der Waals surface area contributed by atoms with E-state index in [0.717, 1.165) is 35.8 Å². The number of guanidine groups is 1. The Morgan fingerprint density at radius 1 is 1.16 bits per heavy atom. The van der Waals surface area contributed by atoms with Crippen LogP contribution >= 0.6 is 35.3 Å². The number of nitrogens with one attached hydrogen (secondary N) is 2. The van der Waals surface area contributed by atoms with E-state index in [2.05, 4.69) is 45.3 Å². The van der Waals surface area contributed by atoms with E-state index in [4.69, 9.17) is 9.40 Å². The molecule has 3 rings (SSSR count). The summed E-state index contributed by atoms with van der Waals surface area (Å²) >= 11 is 1.68. The van der Waals surface area contributed by atoms with Gasteiger partial charge in [0.1, 0.15) is 17.1 Å². The van der Waals surface area contributed by atoms with Gasteiger partial charge in [-0.25, -0.2) is 9.98 Å². The SMILES string of the molecule is CCNC(=NCc1csc(CCc2ccccc2)n1)NCC(C)(O)c1ccc(C)o1.I. The van der Waals surface area contributed by atoms with Crippen LogP contribution in [0, 0.1) is 6.92 Å². The van der Waals surface area contributed by atoms with Crippen molar-refractivity contribution in [2.24, 2.45) is 4.99 Å². The molecule has 0 aliphatic carbocycles. The van der Waals surface area contributed by atoms with E-state index in [1.54, 1.807) is 24.3 Å². The molecule has 3 N–H and O–H groups in total. The molecule has 0 amide bonds. The van der Waals surface area contributed by atoms with Gasteiger partial charge in [0.15, 0.2) is 5.96 Å². The van der Waals surface area contributed by atoms with Gasteiger partial charge in [-0.05, 0) is 44.9 Å². The average Bonchev–Trinajstić information content (AvgIpc) is 3.39. The summed E-state index contributed by atoms with van der Waals surface area (Å²) in [7, 11) is 0. The minimum atomic E-state index is -1.13. The summed E-state index contributed by atoms with van der Waals surface area (Å²) in [6.45, 7) is 7.09. The Balaban J connectivity index is 0.00000341. The highest BCUT2D eigenvalue weighted by atomic mass is 127. The molecule has 3 aromatic rings. The topological polar surface area (TPSA) is 82.7 Å². The van der Waals surface area contributed by atoms with Crippen LogP contribution in [0.25, 0.3) is 0 Å². The van der Waals surface area contributed by atoms with Crippen LogP contribution in [0.15, 0.2) is 57.3 Å². The van der Waals surface area contributed by atoms with Crippen LogP contribution in [0.4, 0.5) is 0 Å². The second-order valence-corrected chi connectivity index (χ2v) is 8.39. The molecule has 0 bridgehead atoms. The zero-order valence-electron chi connectivity index (χ0n) is 18.2. The van der Waals surface area contributed by atoms with Crippen molar-refractivity contribution in [3.63, 3.8) is 0 Å². The number of rotatable bonds is 9. The van der Waals surface area contributed by atoms with Gasteiger partial charge >= 0.3 is 0 Å². The smallest absolute Gasteiger partial charge is 0.191 e. The molecule has 0 radical (unpaired) electrons. The van der Waals surface area contributed by atoms with E-state index in [0.29, 0.717) is 18.3 Å². The van der Waals surface area contributed by atoms with E-state index in [9.17, 15) is 5.11 Å². The quantitative estimate of drug-likeness (QED) is 0.208. The minimum Gasteiger partial charge on any atom is -0.463 e. The molecule has 0 saturated carbocycles. The normalized spacial score (nSPS) is 13.4. The Bertz CT molecular complexity index is 953. The number of aromatic nitrogens is 1. The van der Waals surface area contributed by atoms with Gasteiger partial charge in [0, 0.05) is 18.3 Å². The number of aryl methyl sites for hydroxylation is 3. The van der Waals surface area contributed by atoms with Crippen LogP contribution in [0.3, 0.4) is 0 Å². The van der Waals surface area contributed by atoms with Crippen molar-refractivity contribution in [2.75, 3.05) is 13.1 Å². The summed E-state index contributed by atoms with van der Waals surface area (Å²) in [5.41, 5.74) is 1.15. The molecule has 6 nitrogen and oxygen atoms in total. The van der Waals surface area contributed by atoms with E-state index in [1.807, 2.05) is 26.0 Å². The lowest BCUT2D eigenvalue weighted by atomic mass is 10.0. The summed E-state index contributed by atoms with van der Waals surface area (Å²) in [5.74, 6) is 1.95. The molecular weight excluding hydrogens is 523 g/mol. The fourth-order valence-electron chi connectivity index (χ4n) is 3.00. The van der Waals surface area contributed by atoms with Gasteiger partial charge in [-0.2, -0.15) is 0 Å². The van der Waals surface area contributed by atoms with Crippen molar-refractivity contribution in [3.05, 3.63) is 75.6 Å². The molecule has 8 heteroatoms. The van der Waals surface area contributed by atoms with Crippen LogP contribution < -0.4 is 10.6 Å². The number of furan rings is 1. The third-order valence-electron chi connectivity index (χ3n) is 4.68. The third kappa shape index (κ3) is 7.93. The first kappa shape index (κ1) is 25.4. The Morgan fingerprint density at radius 3 is 2.61 bits per heavy atom. The van der Waals surface area contributed by atoms with Crippen LogP contribution in [0.1, 0.15) is 41.6 Å². The molecule has 0 aliphatic rings. The number of aliphatic hydroxyl groups is 1. The number of aliphatic imine (C=N–C) groups is 1. The Hall–Kier alpha value is -1.91. The summed E-state index contributed by atoms with van der Waals surface area (Å²) in [4.78, 5) is 9.32. The second kappa shape index (κ2) is 12.2. The predicted molar refractivity (Wildman–Crippen MR) is 137 cm³/mol. The molecule has 2 aromatic heterocycles. The molecule has 0 aliphatic heterocycles. The van der Waals surface area contributed by atoms with Gasteiger partial charge in [-0.3, -0.25) is 0 Å². The third-order valence-corrected chi connectivity index (χ3v) is 5.64. The molecule has 1 aromatic carbocycles. The molecule has 1 atom stereocenters. The summed E-state index contributed by atoms with van der Waals surface area (Å²) in [6, 6.07) is 14.1. The number of hydrogen-bond donors (Lipinski definition) is 3. The molecule has 1 unspecified atom stereocenters. The van der Waals surface area contributed by atoms with Gasteiger partial charge in [0.25, 0.3) is 0 Å². The maximum atomic E-state index is 10.7. The summed E-state index contributed by atoms with van der Waals surface area (Å²) < 4.78 is 5.57. The van der Waals surface area contributed by atoms with Crippen LogP contribution in [0.5, 0.6) is 0 Å². The van der Waals surface area contributed by atoms with Gasteiger partial charge in [0.2, 0.25) is 0 Å². The van der Waals surface area contributed by atoms with Crippen LogP contribution in [0.2, 0.25) is 0 Å². The van der Waals surface area contributed by atoms with Crippen molar-refractivity contribution >= 4 is 41.3 Å². The zero-order chi connectivity index (χ0) is 21.4. The largest absolute Gasteiger partial charge is 0.463 e. The Kier molecular flexibility index (Phi) is 9.98. The number of halogens is 1. The number of benzene rings is 1. The lowest BCUT2D eigenvalue weighted by Crippen LogP contribution is -2.44. The maximum Gasteiger partial charge on any atom is 0.191 e. The first-order valence-electron chi connectivity index (χ1n) is 10.2. The second-order valence-electron chi connectivity index (χ2n) is 7.45. The molecular formula is C23H31IN4O2S. The highest BCUT2D eigenvalue weighted by Crippen LogP contribution is 2.22. The van der Waals surface area contributed by atoms with Crippen molar-refractivity contribution in [3.8, 4) is 0 Å². The van der Waals surface area contributed by atoms with Gasteiger partial charge < -0.3 is 20.2 Å². The monoisotopic (exact) mass is 554 g/mol. The fourth-order valence-corrected chi connectivity index (χ4v) is 3.79. The van der Waals surface area contributed by atoms with Crippen LogP contribution in [-0.2, 0) is 25.0 Å². The minimum absolute atomic E-state index is 0. The van der Waals surface area contributed by atoms with E-state index >= 15 is 0 Å². The van der Waals surface area contributed by atoms with Crippen molar-refractivity contribution in [2.45, 2.75) is 45.8 Å². The number of nitrogens with zero attached hydrogens (tertiary/aromatic N) is 2. The van der Waals surface area contributed by atoms with E-state index < -0.39 is 5.60 Å². The van der Waals surface area contributed by atoms with Gasteiger partial charge in [-0.15, -0.1) is 35.3 Å². The average molecular weight is 554 g/mol. The predicted octanol–water partition coefficient (Wildman–Crippen LogP) is 4.41. The van der Waals surface area contributed by atoms with Gasteiger partial charge in [0.05, 0.1) is 23.8 Å². The molecule has 31 heavy (non-hydrogen) atoms. The zero-order valence-corrected chi connectivity index (χ0v) is 21.4. The Morgan fingerprint density at radius 2 is 1.94 bits per heavy atom. The van der Waals surface area contributed by atoms with Crippen molar-refractivity contribution in [1.29, 1.82) is 0 Å². The van der Waals surface area contributed by atoms with Crippen molar-refractivity contribution in [1.82, 2.24) is 15.6 Å². The number of thiazole rings is 1. The lowest BCUT2D eigenvalue weighted by Gasteiger charge is -2.22. The molecule has 0 fully saturated rings. The van der Waals surface area contributed by atoms with E-state index in [1.165, 1.54) is 5.56 Å². The molecule has 168 valence electrons. The molecule has 0 saturated heterocycles. The first-order valence-corrected chi connectivity index (χ1v) is 11.1. The highest BCUT2D eigenvalue weighted by Gasteiger charge is 2.27. The van der Waals surface area contributed by atoms with Gasteiger partial charge in [-0.1, -0.05) is 30.3 Å².